The zero-order valence-corrected chi connectivity index (χ0v) is 9.41. The van der Waals surface area contributed by atoms with E-state index in [1.807, 2.05) is 0 Å². The van der Waals surface area contributed by atoms with Crippen LogP contribution in [-0.4, -0.2) is 62.1 Å². The first kappa shape index (κ1) is 11.6. The molecule has 0 aromatic heterocycles. The molecule has 0 aromatic rings. The molecule has 1 rings (SSSR count). The molecule has 0 aliphatic carbocycles. The molecule has 1 fully saturated rings. The summed E-state index contributed by atoms with van der Waals surface area (Å²) in [4.78, 5) is 25.8. The second-order valence-electron chi connectivity index (χ2n) is 3.83. The van der Waals surface area contributed by atoms with Crippen LogP contribution in [0.4, 0.5) is 9.59 Å². The molecule has 0 bridgehead atoms. The maximum Gasteiger partial charge on any atom is 0.317 e. The number of nitrogens with zero attached hydrogens (tertiary/aromatic N) is 2. The Kier molecular flexibility index (Phi) is 3.76. The van der Waals surface area contributed by atoms with E-state index in [-0.39, 0.29) is 18.1 Å². The average Bonchev–Trinajstić information content (AvgIpc) is 2.65. The van der Waals surface area contributed by atoms with Gasteiger partial charge in [0.05, 0.1) is 0 Å². The largest absolute Gasteiger partial charge is 0.341 e. The molecule has 0 aromatic carbocycles. The second-order valence-corrected chi connectivity index (χ2v) is 3.83. The number of carbonyl (C=O) groups is 2. The van der Waals surface area contributed by atoms with E-state index in [0.717, 1.165) is 6.42 Å². The van der Waals surface area contributed by atoms with Gasteiger partial charge in [0.1, 0.15) is 0 Å². The van der Waals surface area contributed by atoms with Crippen LogP contribution in [0.15, 0.2) is 0 Å². The van der Waals surface area contributed by atoms with E-state index < -0.39 is 0 Å². The second kappa shape index (κ2) is 4.86. The van der Waals surface area contributed by atoms with Crippen molar-refractivity contribution in [2.45, 2.75) is 12.5 Å². The minimum absolute atomic E-state index is 0.0669. The van der Waals surface area contributed by atoms with E-state index in [2.05, 4.69) is 10.6 Å². The Bertz CT molecular complexity index is 254. The summed E-state index contributed by atoms with van der Waals surface area (Å²) in [5.74, 6) is 0. The van der Waals surface area contributed by atoms with Crippen molar-refractivity contribution in [1.82, 2.24) is 20.4 Å². The molecule has 15 heavy (non-hydrogen) atoms. The summed E-state index contributed by atoms with van der Waals surface area (Å²) < 4.78 is 0. The average molecular weight is 214 g/mol. The fourth-order valence-corrected chi connectivity index (χ4v) is 1.52. The van der Waals surface area contributed by atoms with Crippen LogP contribution < -0.4 is 10.6 Å². The van der Waals surface area contributed by atoms with Crippen molar-refractivity contribution in [3.05, 3.63) is 0 Å². The van der Waals surface area contributed by atoms with Crippen molar-refractivity contribution < 1.29 is 9.59 Å². The van der Waals surface area contributed by atoms with Crippen molar-refractivity contribution in [2.75, 3.05) is 34.2 Å². The van der Waals surface area contributed by atoms with Crippen molar-refractivity contribution in [1.29, 1.82) is 0 Å². The van der Waals surface area contributed by atoms with Crippen molar-refractivity contribution in [3.63, 3.8) is 0 Å². The minimum atomic E-state index is -0.112. The predicted molar refractivity (Wildman–Crippen MR) is 56.7 cm³/mol. The molecular weight excluding hydrogens is 196 g/mol. The monoisotopic (exact) mass is 214 g/mol. The Labute approximate surface area is 89.6 Å². The van der Waals surface area contributed by atoms with E-state index in [1.54, 1.807) is 26.0 Å². The van der Waals surface area contributed by atoms with Gasteiger partial charge in [0.2, 0.25) is 0 Å². The number of hydrogen-bond donors (Lipinski definition) is 2. The maximum absolute atomic E-state index is 11.3. The zero-order valence-electron chi connectivity index (χ0n) is 9.41. The highest BCUT2D eigenvalue weighted by Gasteiger charge is 2.26. The van der Waals surface area contributed by atoms with Crippen LogP contribution in [0, 0.1) is 0 Å². The van der Waals surface area contributed by atoms with E-state index in [1.165, 1.54) is 4.90 Å². The summed E-state index contributed by atoms with van der Waals surface area (Å²) in [7, 11) is 5.00. The highest BCUT2D eigenvalue weighted by Crippen LogP contribution is 2.08. The van der Waals surface area contributed by atoms with Gasteiger partial charge in [-0.3, -0.25) is 0 Å². The normalized spacial score (nSPS) is 19.9. The Morgan fingerprint density at radius 2 is 2.07 bits per heavy atom. The Morgan fingerprint density at radius 3 is 2.60 bits per heavy atom. The van der Waals surface area contributed by atoms with Gasteiger partial charge in [0, 0.05) is 40.3 Å². The Balaban J connectivity index is 2.37. The Hall–Kier alpha value is -1.46. The van der Waals surface area contributed by atoms with Crippen LogP contribution in [0.1, 0.15) is 6.42 Å². The summed E-state index contributed by atoms with van der Waals surface area (Å²) in [6.07, 6.45) is 0.812. The van der Waals surface area contributed by atoms with E-state index in [0.29, 0.717) is 13.1 Å². The van der Waals surface area contributed by atoms with Crippen molar-refractivity contribution in [3.8, 4) is 0 Å². The van der Waals surface area contributed by atoms with Crippen molar-refractivity contribution in [2.24, 2.45) is 0 Å². The van der Waals surface area contributed by atoms with E-state index >= 15 is 0 Å². The van der Waals surface area contributed by atoms with Crippen molar-refractivity contribution >= 4 is 12.1 Å². The van der Waals surface area contributed by atoms with Crippen LogP contribution in [0.5, 0.6) is 0 Å². The van der Waals surface area contributed by atoms with Crippen LogP contribution >= 0.6 is 0 Å². The van der Waals surface area contributed by atoms with Gasteiger partial charge in [0.25, 0.3) is 0 Å². The molecule has 1 aliphatic rings. The first-order chi connectivity index (χ1) is 7.04. The number of likely N-dealkylation sites (tertiary alicyclic amines) is 1. The number of rotatable bonds is 1. The molecule has 6 nitrogen and oxygen atoms in total. The molecule has 2 N–H and O–H groups in total. The van der Waals surface area contributed by atoms with Gasteiger partial charge in [-0.1, -0.05) is 0 Å². The molecule has 0 radical (unpaired) electrons. The topological polar surface area (TPSA) is 64.7 Å². The van der Waals surface area contributed by atoms with Crippen LogP contribution in [-0.2, 0) is 0 Å². The lowest BCUT2D eigenvalue weighted by atomic mass is 10.3. The third kappa shape index (κ3) is 3.00. The molecule has 1 atom stereocenters. The number of amides is 4. The van der Waals surface area contributed by atoms with Gasteiger partial charge >= 0.3 is 12.1 Å². The SMILES string of the molecule is CNC(=O)N1CC[C@H](NC(=O)N(C)C)C1. The third-order valence-electron chi connectivity index (χ3n) is 2.42. The first-order valence-electron chi connectivity index (χ1n) is 4.99. The quantitative estimate of drug-likeness (QED) is 0.628. The van der Waals surface area contributed by atoms with Crippen LogP contribution in [0.3, 0.4) is 0 Å². The first-order valence-corrected chi connectivity index (χ1v) is 4.99. The third-order valence-corrected chi connectivity index (χ3v) is 2.42. The zero-order chi connectivity index (χ0) is 11.4. The minimum Gasteiger partial charge on any atom is -0.341 e. The fourth-order valence-electron chi connectivity index (χ4n) is 1.52. The lowest BCUT2D eigenvalue weighted by molar-refractivity contribution is 0.205. The maximum atomic E-state index is 11.3. The van der Waals surface area contributed by atoms with Gasteiger partial charge < -0.3 is 20.4 Å². The molecule has 0 spiro atoms. The standard InChI is InChI=1S/C9H18N4O2/c1-10-8(14)13-5-4-7(6-13)11-9(15)12(2)3/h7H,4-6H2,1-3H3,(H,10,14)(H,11,15)/t7-/m0/s1. The summed E-state index contributed by atoms with van der Waals surface area (Å²) >= 11 is 0. The molecule has 0 unspecified atom stereocenters. The van der Waals surface area contributed by atoms with Gasteiger partial charge in [0.15, 0.2) is 0 Å². The highest BCUT2D eigenvalue weighted by atomic mass is 16.2. The molecule has 86 valence electrons. The van der Waals surface area contributed by atoms with Gasteiger partial charge in [-0.05, 0) is 6.42 Å². The summed E-state index contributed by atoms with van der Waals surface area (Å²) in [5, 5.41) is 5.42. The summed E-state index contributed by atoms with van der Waals surface area (Å²) in [6, 6.07) is -0.132. The smallest absolute Gasteiger partial charge is 0.317 e. The number of urea groups is 2. The van der Waals surface area contributed by atoms with E-state index in [4.69, 9.17) is 0 Å². The molecule has 1 aliphatic heterocycles. The molecule has 1 saturated heterocycles. The number of nitrogens with one attached hydrogen (secondary N) is 2. The molecular formula is C9H18N4O2. The molecule has 0 saturated carbocycles. The predicted octanol–water partition coefficient (Wildman–Crippen LogP) is -0.329. The summed E-state index contributed by atoms with van der Waals surface area (Å²) in [6.45, 7) is 1.28. The molecule has 6 heteroatoms. The fraction of sp³-hybridized carbons (Fsp3) is 0.778. The molecule has 4 amide bonds. The Morgan fingerprint density at radius 1 is 1.40 bits per heavy atom. The highest BCUT2D eigenvalue weighted by molar-refractivity contribution is 5.75. The van der Waals surface area contributed by atoms with Gasteiger partial charge in [-0.15, -0.1) is 0 Å². The lowest BCUT2D eigenvalue weighted by Crippen LogP contribution is -2.44. The van der Waals surface area contributed by atoms with Crippen LogP contribution in [0.2, 0.25) is 0 Å². The molecule has 1 heterocycles. The number of hydrogen-bond acceptors (Lipinski definition) is 2. The summed E-state index contributed by atoms with van der Waals surface area (Å²) in [5.41, 5.74) is 0. The van der Waals surface area contributed by atoms with Gasteiger partial charge in [-0.25, -0.2) is 9.59 Å². The number of carbonyl (C=O) groups excluding carboxylic acids is 2. The van der Waals surface area contributed by atoms with Crippen LogP contribution in [0.25, 0.3) is 0 Å². The van der Waals surface area contributed by atoms with Gasteiger partial charge in [-0.2, -0.15) is 0 Å². The lowest BCUT2D eigenvalue weighted by Gasteiger charge is -2.18. The van der Waals surface area contributed by atoms with E-state index in [9.17, 15) is 9.59 Å².